The molecule has 0 atom stereocenters. The van der Waals surface area contributed by atoms with E-state index in [1.54, 1.807) is 6.20 Å². The average Bonchev–Trinajstić information content (AvgIpc) is 2.37. The second kappa shape index (κ2) is 5.40. The van der Waals surface area contributed by atoms with Crippen molar-refractivity contribution in [3.8, 4) is 0 Å². The number of ether oxygens (including phenoxy) is 1. The van der Waals surface area contributed by atoms with Gasteiger partial charge in [-0.25, -0.2) is 0 Å². The molecule has 2 rings (SSSR count). The molecule has 0 aliphatic carbocycles. The molecule has 0 saturated heterocycles. The van der Waals surface area contributed by atoms with Crippen molar-refractivity contribution in [2.24, 2.45) is 0 Å². The van der Waals surface area contributed by atoms with E-state index < -0.39 is 0 Å². The second-order valence-electron chi connectivity index (χ2n) is 4.08. The highest BCUT2D eigenvalue weighted by atomic mass is 35.5. The highest BCUT2D eigenvalue weighted by Gasteiger charge is 2.09. The highest BCUT2D eigenvalue weighted by molar-refractivity contribution is 6.31. The van der Waals surface area contributed by atoms with Crippen LogP contribution in [0.5, 0.6) is 0 Å². The fourth-order valence-electron chi connectivity index (χ4n) is 1.95. The van der Waals surface area contributed by atoms with Gasteiger partial charge >= 0.3 is 0 Å². The summed E-state index contributed by atoms with van der Waals surface area (Å²) in [5, 5.41) is 1.67. The fourth-order valence-corrected chi connectivity index (χ4v) is 2.12. The summed E-state index contributed by atoms with van der Waals surface area (Å²) in [5.74, 6) is 0.660. The van der Waals surface area contributed by atoms with E-state index in [1.165, 1.54) is 5.56 Å². The van der Waals surface area contributed by atoms with Crippen molar-refractivity contribution in [3.63, 3.8) is 0 Å². The maximum Gasteiger partial charge on any atom is 0.121 e. The van der Waals surface area contributed by atoms with Crippen molar-refractivity contribution in [1.29, 1.82) is 0 Å². The number of fused-ring (bicyclic) bond motifs is 1. The molecule has 0 spiro atoms. The van der Waals surface area contributed by atoms with Gasteiger partial charge in [-0.3, -0.25) is 4.98 Å². The van der Waals surface area contributed by atoms with Crippen molar-refractivity contribution in [3.05, 3.63) is 47.1 Å². The van der Waals surface area contributed by atoms with E-state index in [1.807, 2.05) is 13.0 Å². The van der Waals surface area contributed by atoms with Crippen LogP contribution in [0.4, 0.5) is 0 Å². The summed E-state index contributed by atoms with van der Waals surface area (Å²) in [7, 11) is 0. The van der Waals surface area contributed by atoms with E-state index >= 15 is 0 Å². The van der Waals surface area contributed by atoms with Crippen molar-refractivity contribution >= 4 is 28.3 Å². The Bertz CT molecular complexity index is 592. The van der Waals surface area contributed by atoms with Crippen LogP contribution in [0.1, 0.15) is 25.0 Å². The van der Waals surface area contributed by atoms with Crippen LogP contribution in [0.2, 0.25) is 5.02 Å². The smallest absolute Gasteiger partial charge is 0.121 e. The zero-order valence-electron chi connectivity index (χ0n) is 10.7. The van der Waals surface area contributed by atoms with Crippen molar-refractivity contribution in [2.45, 2.75) is 20.3 Å². The van der Waals surface area contributed by atoms with Crippen LogP contribution in [0.15, 0.2) is 31.0 Å². The molecule has 0 N–H and O–H groups in total. The molecular formula is C15H16ClNO. The summed E-state index contributed by atoms with van der Waals surface area (Å²) in [5.41, 5.74) is 3.06. The summed E-state index contributed by atoms with van der Waals surface area (Å²) in [6, 6.07) is 6.12. The van der Waals surface area contributed by atoms with Gasteiger partial charge in [-0.1, -0.05) is 25.1 Å². The van der Waals surface area contributed by atoms with Gasteiger partial charge in [0, 0.05) is 17.1 Å². The first-order valence-electron chi connectivity index (χ1n) is 6.06. The number of aryl methyl sites for hydroxylation is 1. The Kier molecular flexibility index (Phi) is 3.87. The standard InChI is InChI=1S/C15H16ClNO/c1-4-11-6-12-8-13(16)9-17-15(12)14(7-11)10(3)18-5-2/h6-9H,3-5H2,1-2H3. The molecule has 1 aromatic carbocycles. The molecule has 3 heteroatoms. The lowest BCUT2D eigenvalue weighted by Crippen LogP contribution is -1.95. The molecule has 2 nitrogen and oxygen atoms in total. The molecule has 0 amide bonds. The Morgan fingerprint density at radius 1 is 1.33 bits per heavy atom. The molecule has 0 radical (unpaired) electrons. The van der Waals surface area contributed by atoms with Gasteiger partial charge in [0.05, 0.1) is 17.1 Å². The Balaban J connectivity index is 2.65. The van der Waals surface area contributed by atoms with Crippen LogP contribution >= 0.6 is 11.6 Å². The van der Waals surface area contributed by atoms with Gasteiger partial charge in [0.1, 0.15) is 5.76 Å². The summed E-state index contributed by atoms with van der Waals surface area (Å²) in [6.07, 6.45) is 2.60. The van der Waals surface area contributed by atoms with E-state index in [9.17, 15) is 0 Å². The summed E-state index contributed by atoms with van der Waals surface area (Å²) in [4.78, 5) is 4.39. The minimum atomic E-state index is 0.601. The van der Waals surface area contributed by atoms with Gasteiger partial charge in [-0.05, 0) is 37.1 Å². The zero-order chi connectivity index (χ0) is 13.1. The van der Waals surface area contributed by atoms with Gasteiger partial charge in [-0.15, -0.1) is 0 Å². The van der Waals surface area contributed by atoms with Crippen molar-refractivity contribution in [1.82, 2.24) is 4.98 Å². The zero-order valence-corrected chi connectivity index (χ0v) is 11.4. The van der Waals surface area contributed by atoms with Crippen LogP contribution < -0.4 is 0 Å². The van der Waals surface area contributed by atoms with E-state index in [2.05, 4.69) is 30.6 Å². The van der Waals surface area contributed by atoms with Crippen molar-refractivity contribution in [2.75, 3.05) is 6.61 Å². The summed E-state index contributed by atoms with van der Waals surface area (Å²) in [6.45, 7) is 8.63. The molecule has 0 unspecified atom stereocenters. The normalized spacial score (nSPS) is 10.6. The predicted molar refractivity (Wildman–Crippen MR) is 76.8 cm³/mol. The molecule has 1 aromatic heterocycles. The Hall–Kier alpha value is -1.54. The Labute approximate surface area is 112 Å². The summed E-state index contributed by atoms with van der Waals surface area (Å²) >= 11 is 5.99. The quantitative estimate of drug-likeness (QED) is 0.758. The molecule has 0 aliphatic heterocycles. The van der Waals surface area contributed by atoms with E-state index in [0.717, 1.165) is 22.9 Å². The van der Waals surface area contributed by atoms with Crippen LogP contribution in [0.25, 0.3) is 16.7 Å². The number of hydrogen-bond donors (Lipinski definition) is 0. The number of benzene rings is 1. The minimum Gasteiger partial charge on any atom is -0.494 e. The fraction of sp³-hybridized carbons (Fsp3) is 0.267. The maximum atomic E-state index is 5.99. The van der Waals surface area contributed by atoms with Gasteiger partial charge in [-0.2, -0.15) is 0 Å². The lowest BCUT2D eigenvalue weighted by atomic mass is 10.0. The molecule has 0 aliphatic rings. The first-order chi connectivity index (χ1) is 8.65. The molecule has 0 bridgehead atoms. The van der Waals surface area contributed by atoms with E-state index in [4.69, 9.17) is 16.3 Å². The van der Waals surface area contributed by atoms with Gasteiger partial charge < -0.3 is 4.74 Å². The molecular weight excluding hydrogens is 246 g/mol. The van der Waals surface area contributed by atoms with Crippen molar-refractivity contribution < 1.29 is 4.74 Å². The summed E-state index contributed by atoms with van der Waals surface area (Å²) < 4.78 is 5.50. The molecule has 18 heavy (non-hydrogen) atoms. The number of nitrogens with zero attached hydrogens (tertiary/aromatic N) is 1. The number of halogens is 1. The average molecular weight is 262 g/mol. The SMILES string of the molecule is C=C(OCC)c1cc(CC)cc2cc(Cl)cnc12. The van der Waals surface area contributed by atoms with Crippen LogP contribution in [0.3, 0.4) is 0 Å². The number of rotatable bonds is 4. The van der Waals surface area contributed by atoms with E-state index in [-0.39, 0.29) is 0 Å². The number of hydrogen-bond acceptors (Lipinski definition) is 2. The molecule has 1 heterocycles. The predicted octanol–water partition coefficient (Wildman–Crippen LogP) is 4.46. The molecule has 2 aromatic rings. The lowest BCUT2D eigenvalue weighted by molar-refractivity contribution is 0.299. The van der Waals surface area contributed by atoms with Gasteiger partial charge in [0.15, 0.2) is 0 Å². The Morgan fingerprint density at radius 2 is 2.11 bits per heavy atom. The van der Waals surface area contributed by atoms with Gasteiger partial charge in [0.25, 0.3) is 0 Å². The third-order valence-electron chi connectivity index (χ3n) is 2.84. The Morgan fingerprint density at radius 3 is 2.78 bits per heavy atom. The highest BCUT2D eigenvalue weighted by Crippen LogP contribution is 2.27. The topological polar surface area (TPSA) is 22.1 Å². The van der Waals surface area contributed by atoms with Crippen LogP contribution in [0, 0.1) is 0 Å². The third kappa shape index (κ3) is 2.49. The molecule has 94 valence electrons. The minimum absolute atomic E-state index is 0.601. The van der Waals surface area contributed by atoms with Crippen LogP contribution in [-0.2, 0) is 11.2 Å². The first kappa shape index (κ1) is 12.9. The third-order valence-corrected chi connectivity index (χ3v) is 3.04. The maximum absolute atomic E-state index is 5.99. The first-order valence-corrected chi connectivity index (χ1v) is 6.43. The second-order valence-corrected chi connectivity index (χ2v) is 4.51. The largest absolute Gasteiger partial charge is 0.494 e. The molecule has 0 fully saturated rings. The lowest BCUT2D eigenvalue weighted by Gasteiger charge is -2.11. The van der Waals surface area contributed by atoms with E-state index in [0.29, 0.717) is 17.4 Å². The van der Waals surface area contributed by atoms with Gasteiger partial charge in [0.2, 0.25) is 0 Å². The monoisotopic (exact) mass is 261 g/mol. The van der Waals surface area contributed by atoms with Crippen LogP contribution in [-0.4, -0.2) is 11.6 Å². The number of aromatic nitrogens is 1. The number of pyridine rings is 1. The molecule has 0 saturated carbocycles.